The Morgan fingerprint density at radius 2 is 0.627 bits per heavy atom. The minimum Gasteiger partial charge on any atom is -0.466 e. The molecule has 4 aromatic carbocycles. The van der Waals surface area contributed by atoms with Gasteiger partial charge >= 0.3 is 17.9 Å². The van der Waals surface area contributed by atoms with Crippen LogP contribution in [0, 0.1) is 0 Å². The van der Waals surface area contributed by atoms with Crippen LogP contribution < -0.4 is 28.4 Å². The Bertz CT molecular complexity index is 1700. The van der Waals surface area contributed by atoms with Gasteiger partial charge < -0.3 is 42.6 Å². The zero-order valence-electron chi connectivity index (χ0n) is 29.7. The third kappa shape index (κ3) is 6.59. The summed E-state index contributed by atoms with van der Waals surface area (Å²) in [7, 11) is 0. The zero-order chi connectivity index (χ0) is 36.1. The van der Waals surface area contributed by atoms with Crippen LogP contribution in [0.25, 0.3) is 32.3 Å². The van der Waals surface area contributed by atoms with Crippen LogP contribution in [0.15, 0.2) is 36.4 Å². The average molecular weight is 703 g/mol. The number of benzene rings is 4. The maximum Gasteiger partial charge on any atom is 0.306 e. The van der Waals surface area contributed by atoms with Crippen LogP contribution in [0.5, 0.6) is 34.5 Å². The molecule has 0 atom stereocenters. The van der Waals surface area contributed by atoms with E-state index in [1.54, 1.807) is 41.5 Å². The molecule has 0 saturated heterocycles. The molecule has 270 valence electrons. The summed E-state index contributed by atoms with van der Waals surface area (Å²) in [5.74, 6) is -0.937. The fraction of sp³-hybridized carbons (Fsp3) is 0.462. The molecule has 0 bridgehead atoms. The van der Waals surface area contributed by atoms with Crippen LogP contribution in [0.4, 0.5) is 0 Å². The smallest absolute Gasteiger partial charge is 0.306 e. The number of hydrogen-bond acceptors (Lipinski definition) is 12. The first-order chi connectivity index (χ1) is 24.3. The van der Waals surface area contributed by atoms with Gasteiger partial charge in [0, 0.05) is 40.0 Å². The van der Waals surface area contributed by atoms with Crippen molar-refractivity contribution in [3.63, 3.8) is 0 Å². The van der Waals surface area contributed by atoms with E-state index < -0.39 is 17.4 Å². The normalized spacial score (nSPS) is 22.5. The molecule has 0 fully saturated rings. The van der Waals surface area contributed by atoms with Gasteiger partial charge in [-0.2, -0.15) is 0 Å². The predicted molar refractivity (Wildman–Crippen MR) is 186 cm³/mol. The molecule has 0 unspecified atom stereocenters. The van der Waals surface area contributed by atoms with Crippen molar-refractivity contribution in [2.24, 2.45) is 0 Å². The minimum atomic E-state index is -1.07. The number of ether oxygens (including phenoxy) is 9. The van der Waals surface area contributed by atoms with Crippen molar-refractivity contribution in [3.05, 3.63) is 36.4 Å². The van der Waals surface area contributed by atoms with Gasteiger partial charge in [-0.3, -0.25) is 14.4 Å². The summed E-state index contributed by atoms with van der Waals surface area (Å²) >= 11 is 0. The summed E-state index contributed by atoms with van der Waals surface area (Å²) in [4.78, 5) is 36.5. The lowest BCUT2D eigenvalue weighted by molar-refractivity contribution is -0.147. The number of esters is 3. The van der Waals surface area contributed by atoms with E-state index in [0.29, 0.717) is 73.6 Å². The van der Waals surface area contributed by atoms with Crippen LogP contribution >= 0.6 is 0 Å². The lowest BCUT2D eigenvalue weighted by atomic mass is 9.93. The fourth-order valence-electron chi connectivity index (χ4n) is 6.95. The van der Waals surface area contributed by atoms with Gasteiger partial charge in [-0.25, -0.2) is 0 Å². The number of carbonyl (C=O) groups excluding carboxylic acids is 3. The van der Waals surface area contributed by atoms with Gasteiger partial charge in [-0.1, -0.05) is 0 Å². The molecular weight excluding hydrogens is 660 g/mol. The van der Waals surface area contributed by atoms with Crippen LogP contribution in [-0.2, 0) is 28.6 Å². The van der Waals surface area contributed by atoms with Gasteiger partial charge in [0.25, 0.3) is 0 Å². The van der Waals surface area contributed by atoms with E-state index >= 15 is 0 Å². The van der Waals surface area contributed by atoms with Gasteiger partial charge in [0.2, 0.25) is 17.4 Å². The first-order valence-electron chi connectivity index (χ1n) is 17.5. The van der Waals surface area contributed by atoms with Crippen LogP contribution in [-0.4, -0.2) is 55.1 Å². The third-order valence-corrected chi connectivity index (χ3v) is 9.34. The third-order valence-electron chi connectivity index (χ3n) is 9.34. The molecule has 3 aliphatic heterocycles. The molecule has 4 aromatic rings. The molecule has 0 amide bonds. The molecule has 0 aliphatic carbocycles. The summed E-state index contributed by atoms with van der Waals surface area (Å²) in [5, 5.41) is 5.19. The van der Waals surface area contributed by atoms with E-state index in [2.05, 4.69) is 0 Å². The lowest BCUT2D eigenvalue weighted by Crippen LogP contribution is -2.35. The van der Waals surface area contributed by atoms with Crippen molar-refractivity contribution >= 4 is 50.2 Å². The fourth-order valence-corrected chi connectivity index (χ4v) is 6.95. The van der Waals surface area contributed by atoms with E-state index in [-0.39, 0.29) is 37.2 Å². The Kier molecular flexibility index (Phi) is 8.67. The van der Waals surface area contributed by atoms with Crippen LogP contribution in [0.3, 0.4) is 0 Å². The first kappa shape index (κ1) is 34.3. The van der Waals surface area contributed by atoms with E-state index in [1.165, 1.54) is 0 Å². The molecule has 0 spiro atoms. The Morgan fingerprint density at radius 3 is 0.804 bits per heavy atom. The summed E-state index contributed by atoms with van der Waals surface area (Å²) < 4.78 is 53.4. The van der Waals surface area contributed by atoms with Crippen LogP contribution in [0.1, 0.15) is 80.1 Å². The molecule has 12 heteroatoms. The molecule has 12 nitrogen and oxygen atoms in total. The first-order valence-corrected chi connectivity index (χ1v) is 17.5. The molecular formula is C39H42O12. The Hall–Kier alpha value is -5.13. The molecule has 0 radical (unpaired) electrons. The molecule has 0 N–H and O–H groups in total. The van der Waals surface area contributed by atoms with Crippen molar-refractivity contribution in [1.82, 2.24) is 0 Å². The van der Waals surface area contributed by atoms with Gasteiger partial charge in [-0.15, -0.1) is 0 Å². The molecule has 3 aliphatic rings. The highest BCUT2D eigenvalue weighted by Crippen LogP contribution is 2.53. The molecule has 7 rings (SSSR count). The lowest BCUT2D eigenvalue weighted by Gasteiger charge is -2.22. The highest BCUT2D eigenvalue weighted by molar-refractivity contribution is 6.27. The van der Waals surface area contributed by atoms with E-state index in [4.69, 9.17) is 42.6 Å². The van der Waals surface area contributed by atoms with E-state index in [0.717, 1.165) is 32.3 Å². The number of carbonyl (C=O) groups is 3. The zero-order valence-corrected chi connectivity index (χ0v) is 29.7. The van der Waals surface area contributed by atoms with Crippen molar-refractivity contribution in [2.45, 2.75) is 97.4 Å². The molecule has 0 aromatic heterocycles. The van der Waals surface area contributed by atoms with E-state index in [9.17, 15) is 14.4 Å². The maximum atomic E-state index is 12.2. The predicted octanol–water partition coefficient (Wildman–Crippen LogP) is 7.64. The Labute approximate surface area is 295 Å². The van der Waals surface area contributed by atoms with Gasteiger partial charge in [-0.05, 0) is 89.5 Å². The van der Waals surface area contributed by atoms with Crippen LogP contribution in [0.2, 0.25) is 0 Å². The topological polar surface area (TPSA) is 134 Å². The highest BCUT2D eigenvalue weighted by Gasteiger charge is 2.41. The monoisotopic (exact) mass is 702 g/mol. The van der Waals surface area contributed by atoms with Crippen molar-refractivity contribution in [2.75, 3.05) is 19.8 Å². The second kappa shape index (κ2) is 12.9. The molecule has 51 heavy (non-hydrogen) atoms. The van der Waals surface area contributed by atoms with Crippen molar-refractivity contribution in [1.29, 1.82) is 0 Å². The number of fused-ring (bicyclic) bond motifs is 9. The SMILES string of the molecule is CCOC(=O)CCC1(C)Oc2cc3c4cc5c(cc4c4cc6c(cc4c3cc2O1)OC(C)(CCC(=O)OCC)O6)OC(C)(CCC(=O)OCC)O5. The Morgan fingerprint density at radius 1 is 0.431 bits per heavy atom. The largest absolute Gasteiger partial charge is 0.466 e. The Balaban J connectivity index is 1.31. The summed E-state index contributed by atoms with van der Waals surface area (Å²) in [5.41, 5.74) is 0. The molecule has 3 heterocycles. The van der Waals surface area contributed by atoms with Gasteiger partial charge in [0.15, 0.2) is 34.5 Å². The quantitative estimate of drug-likeness (QED) is 0.0816. The van der Waals surface area contributed by atoms with E-state index in [1.807, 2.05) is 36.4 Å². The average Bonchev–Trinajstić information content (AvgIpc) is 3.72. The minimum absolute atomic E-state index is 0.139. The second-order valence-corrected chi connectivity index (χ2v) is 13.5. The summed E-state index contributed by atoms with van der Waals surface area (Å²) in [6.45, 7) is 11.6. The second-order valence-electron chi connectivity index (χ2n) is 13.5. The summed E-state index contributed by atoms with van der Waals surface area (Å²) in [6.07, 6.45) is 1.31. The highest BCUT2D eigenvalue weighted by atomic mass is 16.7. The standard InChI is InChI=1S/C39H42O12/c1-7-43-34(40)10-13-37(4)46-28-16-22-23(17-29(28)47-37)25-19-31-33(51-39(6,49-31)15-12-36(42)45-9-3)21-27(25)26-20-32-30(18-24(22)26)48-38(5,50-32)14-11-35(41)44-8-2/h16-21H,7-15H2,1-6H3. The van der Waals surface area contributed by atoms with Gasteiger partial charge in [0.05, 0.1) is 39.1 Å². The maximum absolute atomic E-state index is 12.2. The number of rotatable bonds is 12. The van der Waals surface area contributed by atoms with Crippen molar-refractivity contribution < 1.29 is 57.0 Å². The number of hydrogen-bond donors (Lipinski definition) is 0. The molecule has 0 saturated carbocycles. The summed E-state index contributed by atoms with van der Waals surface area (Å²) in [6, 6.07) is 11.7. The van der Waals surface area contributed by atoms with Gasteiger partial charge in [0.1, 0.15) is 0 Å². The van der Waals surface area contributed by atoms with Crippen molar-refractivity contribution in [3.8, 4) is 34.5 Å².